The topological polar surface area (TPSA) is 103 Å². The maximum absolute atomic E-state index is 11.9. The second-order valence-corrected chi connectivity index (χ2v) is 16.1. The summed E-state index contributed by atoms with van der Waals surface area (Å²) in [7, 11) is 0. The Morgan fingerprint density at radius 1 is 0.542 bits per heavy atom. The van der Waals surface area contributed by atoms with Crippen LogP contribution in [0.3, 0.4) is 0 Å². The van der Waals surface area contributed by atoms with Crippen LogP contribution in [-0.2, 0) is 69.1 Å². The Balaban J connectivity index is 1.12. The van der Waals surface area contributed by atoms with E-state index in [2.05, 4.69) is 32.9 Å². The van der Waals surface area contributed by atoms with E-state index >= 15 is 0 Å². The summed E-state index contributed by atoms with van der Waals surface area (Å²) in [4.78, 5) is 0. The molecule has 3 aliphatic heterocycles. The van der Waals surface area contributed by atoms with Gasteiger partial charge < -0.3 is 47.7 Å². The third-order valence-corrected chi connectivity index (χ3v) is 12.0. The molecule has 0 spiro atoms. The highest BCUT2D eigenvalue weighted by molar-refractivity contribution is 5.16. The van der Waals surface area contributed by atoms with Crippen molar-refractivity contribution in [3.8, 4) is 0 Å². The highest BCUT2D eigenvalue weighted by atomic mass is 16.7. The third kappa shape index (κ3) is 11.7. The fourth-order valence-electron chi connectivity index (χ4n) is 8.19. The smallest absolute Gasteiger partial charge is 0.187 e. The van der Waals surface area contributed by atoms with Crippen molar-refractivity contribution in [3.63, 3.8) is 0 Å². The van der Waals surface area contributed by atoms with Gasteiger partial charge in [0.15, 0.2) is 12.6 Å². The minimum Gasteiger partial charge on any atom is -0.390 e. The Morgan fingerprint density at radius 2 is 1.03 bits per heavy atom. The van der Waals surface area contributed by atoms with Crippen molar-refractivity contribution in [1.82, 2.24) is 0 Å². The summed E-state index contributed by atoms with van der Waals surface area (Å²) in [5.74, 6) is -0.273. The van der Waals surface area contributed by atoms with Gasteiger partial charge in [-0.2, -0.15) is 0 Å². The minimum absolute atomic E-state index is 0.0126. The van der Waals surface area contributed by atoms with Gasteiger partial charge in [-0.3, -0.25) is 0 Å². The summed E-state index contributed by atoms with van der Waals surface area (Å²) in [6.45, 7) is 10.5. The van der Waals surface area contributed by atoms with Crippen LogP contribution in [0.25, 0.3) is 0 Å². The number of hydrogen-bond acceptors (Lipinski definition) is 10. The standard InChI is InChI=1S/C49H62O10/c1-5-40-45(59-49-47(55-31-39-24-16-9-17-25-39)44(33(2)35(4)56-49)53-29-37-20-12-7-13-21-37)41(26-27-52-40)57-48-46(54-30-38-22-14-8-15-23-38)43(50)34(3)42(58-48)32-51-28-36-18-10-6-11-19-36/h6-25,33-35,40-50H,5,26-32H2,1-4H3. The highest BCUT2D eigenvalue weighted by Crippen LogP contribution is 2.37. The SMILES string of the molecule is CCC1OCCC(OC2OC(COCc3ccccc3)C(C)C(O)C2OCc2ccccc2)C1OC1OC(C)C(C)C(OCc2ccccc2)C1OCc1ccccc1. The van der Waals surface area contributed by atoms with E-state index in [4.69, 9.17) is 42.6 Å². The van der Waals surface area contributed by atoms with Gasteiger partial charge in [0.1, 0.15) is 18.3 Å². The summed E-state index contributed by atoms with van der Waals surface area (Å²) in [5.41, 5.74) is 4.17. The summed E-state index contributed by atoms with van der Waals surface area (Å²) in [6.07, 6.45) is -5.01. The molecule has 0 saturated carbocycles. The molecular weight excluding hydrogens is 749 g/mol. The van der Waals surface area contributed by atoms with Crippen molar-refractivity contribution >= 4 is 0 Å². The zero-order valence-corrected chi connectivity index (χ0v) is 34.8. The number of benzene rings is 4. The van der Waals surface area contributed by atoms with E-state index in [0.29, 0.717) is 39.3 Å². The molecular formula is C49H62O10. The van der Waals surface area contributed by atoms with E-state index in [1.165, 1.54) is 0 Å². The first-order chi connectivity index (χ1) is 28.9. The van der Waals surface area contributed by atoms with Crippen molar-refractivity contribution in [2.45, 2.75) is 134 Å². The van der Waals surface area contributed by atoms with Crippen LogP contribution in [-0.4, -0.2) is 85.8 Å². The maximum Gasteiger partial charge on any atom is 0.187 e. The molecule has 59 heavy (non-hydrogen) atoms. The largest absolute Gasteiger partial charge is 0.390 e. The summed E-state index contributed by atoms with van der Waals surface area (Å²) in [6, 6.07) is 40.2. The van der Waals surface area contributed by atoms with Gasteiger partial charge in [-0.1, -0.05) is 142 Å². The lowest BCUT2D eigenvalue weighted by Crippen LogP contribution is -2.61. The zero-order chi connectivity index (χ0) is 41.0. The maximum atomic E-state index is 11.9. The van der Waals surface area contributed by atoms with Crippen LogP contribution in [0.5, 0.6) is 0 Å². The first-order valence-corrected chi connectivity index (χ1v) is 21.4. The average molecular weight is 811 g/mol. The number of ether oxygens (including phenoxy) is 9. The molecule has 3 aliphatic rings. The van der Waals surface area contributed by atoms with Gasteiger partial charge in [0.25, 0.3) is 0 Å². The number of hydrogen-bond donors (Lipinski definition) is 1. The number of rotatable bonds is 18. The molecule has 318 valence electrons. The summed E-state index contributed by atoms with van der Waals surface area (Å²) >= 11 is 0. The Hall–Kier alpha value is -3.52. The van der Waals surface area contributed by atoms with E-state index in [0.717, 1.165) is 22.3 Å². The minimum atomic E-state index is -0.916. The van der Waals surface area contributed by atoms with Gasteiger partial charge >= 0.3 is 0 Å². The Bertz CT molecular complexity index is 1770. The van der Waals surface area contributed by atoms with Crippen LogP contribution in [0.2, 0.25) is 0 Å². The molecule has 0 radical (unpaired) electrons. The van der Waals surface area contributed by atoms with Crippen molar-refractivity contribution in [3.05, 3.63) is 144 Å². The fraction of sp³-hybridized carbons (Fsp3) is 0.510. The first-order valence-electron chi connectivity index (χ1n) is 21.4. The van der Waals surface area contributed by atoms with Crippen LogP contribution in [0, 0.1) is 11.8 Å². The summed E-state index contributed by atoms with van der Waals surface area (Å²) < 4.78 is 60.0. The third-order valence-electron chi connectivity index (χ3n) is 12.0. The lowest BCUT2D eigenvalue weighted by atomic mass is 9.90. The highest BCUT2D eigenvalue weighted by Gasteiger charge is 2.50. The summed E-state index contributed by atoms with van der Waals surface area (Å²) in [5, 5.41) is 11.9. The van der Waals surface area contributed by atoms with Crippen LogP contribution < -0.4 is 0 Å². The van der Waals surface area contributed by atoms with Crippen molar-refractivity contribution < 1.29 is 47.7 Å². The molecule has 0 amide bonds. The first kappa shape index (κ1) is 43.6. The molecule has 4 aromatic rings. The van der Waals surface area contributed by atoms with Crippen LogP contribution in [0.4, 0.5) is 0 Å². The molecule has 10 heteroatoms. The Labute approximate surface area is 350 Å². The van der Waals surface area contributed by atoms with Gasteiger partial charge in [-0.05, 0) is 42.0 Å². The molecule has 0 aromatic heterocycles. The second-order valence-electron chi connectivity index (χ2n) is 16.1. The molecule has 0 aliphatic carbocycles. The molecule has 7 rings (SSSR count). The lowest BCUT2D eigenvalue weighted by Gasteiger charge is -2.48. The van der Waals surface area contributed by atoms with E-state index in [1.807, 2.05) is 116 Å². The molecule has 0 bridgehead atoms. The van der Waals surface area contributed by atoms with Gasteiger partial charge in [0.05, 0.1) is 69.7 Å². The molecule has 3 fully saturated rings. The van der Waals surface area contributed by atoms with Crippen LogP contribution in [0.1, 0.15) is 62.8 Å². The van der Waals surface area contributed by atoms with Crippen molar-refractivity contribution in [1.29, 1.82) is 0 Å². The van der Waals surface area contributed by atoms with E-state index in [1.54, 1.807) is 0 Å². The molecule has 13 atom stereocenters. The Morgan fingerprint density at radius 3 is 1.58 bits per heavy atom. The molecule has 1 N–H and O–H groups in total. The average Bonchev–Trinajstić information content (AvgIpc) is 3.27. The monoisotopic (exact) mass is 810 g/mol. The molecule has 3 heterocycles. The second kappa shape index (κ2) is 21.8. The molecule has 4 aromatic carbocycles. The van der Waals surface area contributed by atoms with Gasteiger partial charge in [0.2, 0.25) is 0 Å². The molecule has 3 saturated heterocycles. The predicted octanol–water partition coefficient (Wildman–Crippen LogP) is 8.03. The molecule has 13 unspecified atom stereocenters. The normalized spacial score (nSPS) is 32.5. The van der Waals surface area contributed by atoms with E-state index < -0.39 is 49.2 Å². The Kier molecular flexibility index (Phi) is 16.1. The fourth-order valence-corrected chi connectivity index (χ4v) is 8.19. The zero-order valence-electron chi connectivity index (χ0n) is 34.8. The van der Waals surface area contributed by atoms with Gasteiger partial charge in [-0.25, -0.2) is 0 Å². The van der Waals surface area contributed by atoms with Crippen molar-refractivity contribution in [2.75, 3.05) is 13.2 Å². The molecule has 10 nitrogen and oxygen atoms in total. The van der Waals surface area contributed by atoms with Crippen molar-refractivity contribution in [2.24, 2.45) is 11.8 Å². The number of aliphatic hydroxyl groups is 1. The number of aliphatic hydroxyl groups excluding tert-OH is 1. The van der Waals surface area contributed by atoms with E-state index in [9.17, 15) is 5.11 Å². The van der Waals surface area contributed by atoms with Crippen LogP contribution in [0.15, 0.2) is 121 Å². The van der Waals surface area contributed by atoms with Gasteiger partial charge in [0, 0.05) is 18.4 Å². The lowest BCUT2D eigenvalue weighted by molar-refractivity contribution is -0.356. The quantitative estimate of drug-likeness (QED) is 0.106. The van der Waals surface area contributed by atoms with Gasteiger partial charge in [-0.15, -0.1) is 0 Å². The van der Waals surface area contributed by atoms with E-state index in [-0.39, 0.29) is 43.4 Å². The van der Waals surface area contributed by atoms with Crippen LogP contribution >= 0.6 is 0 Å². The predicted molar refractivity (Wildman–Crippen MR) is 223 cm³/mol.